The van der Waals surface area contributed by atoms with Crippen LogP contribution in [0.1, 0.15) is 44.3 Å². The van der Waals surface area contributed by atoms with Crippen LogP contribution in [0, 0.1) is 0 Å². The average molecular weight is 538 g/mol. The highest BCUT2D eigenvalue weighted by atomic mass is 127. The van der Waals surface area contributed by atoms with Crippen LogP contribution in [0.2, 0.25) is 0 Å². The van der Waals surface area contributed by atoms with Gasteiger partial charge in [0.2, 0.25) is 0 Å². The molecule has 9 heteroatoms. The maximum Gasteiger partial charge on any atom is 0.194 e. The van der Waals surface area contributed by atoms with Crippen molar-refractivity contribution in [2.45, 2.75) is 52.0 Å². The number of guanidine groups is 1. The van der Waals surface area contributed by atoms with Crippen LogP contribution in [0.25, 0.3) is 0 Å². The minimum Gasteiger partial charge on any atom is -0.357 e. The quantitative estimate of drug-likeness (QED) is 0.264. The first-order valence-electron chi connectivity index (χ1n) is 11.5. The molecular weight excluding hydrogens is 503 g/mol. The van der Waals surface area contributed by atoms with Gasteiger partial charge in [-0.1, -0.05) is 12.5 Å². The molecule has 31 heavy (non-hydrogen) atoms. The lowest BCUT2D eigenvalue weighted by molar-refractivity contribution is 0.371. The monoisotopic (exact) mass is 538 g/mol. The molecule has 2 aromatic rings. The number of nitrogens with zero attached hydrogens (tertiary/aromatic N) is 7. The zero-order valence-electron chi connectivity index (χ0n) is 18.5. The summed E-state index contributed by atoms with van der Waals surface area (Å²) in [5, 5.41) is 12.3. The predicted molar refractivity (Wildman–Crippen MR) is 135 cm³/mol. The third-order valence-corrected chi connectivity index (χ3v) is 5.89. The summed E-state index contributed by atoms with van der Waals surface area (Å²) in [5.74, 6) is 4.39. The Morgan fingerprint density at radius 2 is 1.94 bits per heavy atom. The van der Waals surface area contributed by atoms with E-state index in [1.807, 2.05) is 12.3 Å². The van der Waals surface area contributed by atoms with Gasteiger partial charge in [0.05, 0.1) is 0 Å². The third kappa shape index (κ3) is 6.30. The molecule has 2 aromatic heterocycles. The lowest BCUT2D eigenvalue weighted by Crippen LogP contribution is -2.52. The highest BCUT2D eigenvalue weighted by Crippen LogP contribution is 2.15. The molecule has 2 aliphatic rings. The number of fused-ring (bicyclic) bond motifs is 1. The molecular formula is C22H35IN8. The average Bonchev–Trinajstić information content (AvgIpc) is 3.02. The molecule has 1 N–H and O–H groups in total. The molecule has 0 aliphatic carbocycles. The van der Waals surface area contributed by atoms with Crippen molar-refractivity contribution in [3.05, 3.63) is 36.0 Å². The first kappa shape index (κ1) is 23.7. The zero-order chi connectivity index (χ0) is 20.6. The van der Waals surface area contributed by atoms with E-state index in [-0.39, 0.29) is 24.0 Å². The van der Waals surface area contributed by atoms with Crippen LogP contribution >= 0.6 is 24.0 Å². The highest BCUT2D eigenvalue weighted by molar-refractivity contribution is 14.0. The number of nitrogens with one attached hydrogen (secondary N) is 1. The van der Waals surface area contributed by atoms with Crippen LogP contribution in [-0.4, -0.2) is 69.9 Å². The second kappa shape index (κ2) is 12.2. The summed E-state index contributed by atoms with van der Waals surface area (Å²) in [6.45, 7) is 8.75. The number of hydrogen-bond donors (Lipinski definition) is 1. The Hall–Kier alpha value is -1.91. The fourth-order valence-electron chi connectivity index (χ4n) is 4.27. The van der Waals surface area contributed by atoms with Gasteiger partial charge in [0.15, 0.2) is 5.96 Å². The Morgan fingerprint density at radius 3 is 2.71 bits per heavy atom. The van der Waals surface area contributed by atoms with Gasteiger partial charge in [-0.25, -0.2) is 4.98 Å². The molecule has 1 fully saturated rings. The lowest BCUT2D eigenvalue weighted by Gasteiger charge is -2.37. The van der Waals surface area contributed by atoms with Crippen molar-refractivity contribution in [1.29, 1.82) is 0 Å². The molecule has 0 saturated carbocycles. The Balaban J connectivity index is 0.00000272. The first-order valence-corrected chi connectivity index (χ1v) is 11.5. The molecule has 8 nitrogen and oxygen atoms in total. The molecule has 1 saturated heterocycles. The fourth-order valence-corrected chi connectivity index (χ4v) is 4.27. The minimum absolute atomic E-state index is 0. The van der Waals surface area contributed by atoms with Crippen LogP contribution in [0.3, 0.4) is 0 Å². The van der Waals surface area contributed by atoms with Crippen molar-refractivity contribution in [1.82, 2.24) is 30.0 Å². The molecule has 170 valence electrons. The van der Waals surface area contributed by atoms with Crippen LogP contribution in [-0.2, 0) is 19.4 Å². The maximum atomic E-state index is 4.90. The molecule has 2 aliphatic heterocycles. The van der Waals surface area contributed by atoms with E-state index in [2.05, 4.69) is 53.9 Å². The second-order valence-electron chi connectivity index (χ2n) is 8.00. The van der Waals surface area contributed by atoms with Crippen LogP contribution in [0.4, 0.5) is 5.82 Å². The van der Waals surface area contributed by atoms with E-state index in [4.69, 9.17) is 4.99 Å². The second-order valence-corrected chi connectivity index (χ2v) is 8.00. The van der Waals surface area contributed by atoms with E-state index in [0.717, 1.165) is 82.7 Å². The number of rotatable bonds is 6. The molecule has 0 atom stereocenters. The van der Waals surface area contributed by atoms with E-state index in [9.17, 15) is 0 Å². The van der Waals surface area contributed by atoms with E-state index >= 15 is 0 Å². The van der Waals surface area contributed by atoms with Crippen molar-refractivity contribution in [2.24, 2.45) is 4.99 Å². The smallest absolute Gasteiger partial charge is 0.194 e. The van der Waals surface area contributed by atoms with Gasteiger partial charge in [-0.05, 0) is 38.3 Å². The van der Waals surface area contributed by atoms with E-state index in [1.54, 1.807) is 0 Å². The Labute approximate surface area is 202 Å². The Bertz CT molecular complexity index is 814. The first-order chi connectivity index (χ1) is 14.8. The van der Waals surface area contributed by atoms with Crippen molar-refractivity contribution in [3.8, 4) is 0 Å². The number of piperazine rings is 1. The standard InChI is InChI=1S/C22H34N8.HI/c1-2-23-22(29-17-15-28(16-18-29)19-9-5-6-12-24-19)25-13-8-11-21-27-26-20-10-4-3-7-14-30(20)21;/h5-6,9,12H,2-4,7-8,10-11,13-18H2,1H3,(H,23,25);1H. The minimum atomic E-state index is 0. The van der Waals surface area contributed by atoms with E-state index in [0.29, 0.717) is 0 Å². The number of aliphatic imine (C=N–C) groups is 1. The van der Waals surface area contributed by atoms with Crippen molar-refractivity contribution in [3.63, 3.8) is 0 Å². The Morgan fingerprint density at radius 1 is 1.06 bits per heavy atom. The summed E-state index contributed by atoms with van der Waals surface area (Å²) in [6, 6.07) is 6.10. The fraction of sp³-hybridized carbons (Fsp3) is 0.636. The van der Waals surface area contributed by atoms with Gasteiger partial charge in [-0.15, -0.1) is 34.2 Å². The predicted octanol–water partition coefficient (Wildman–Crippen LogP) is 2.74. The van der Waals surface area contributed by atoms with E-state index in [1.165, 1.54) is 25.1 Å². The maximum absolute atomic E-state index is 4.90. The summed E-state index contributed by atoms with van der Waals surface area (Å²) in [6.07, 6.45) is 8.66. The SMILES string of the molecule is CCNC(=NCCCc1nnc2n1CCCCC2)N1CCN(c2ccccn2)CC1.I. The highest BCUT2D eigenvalue weighted by Gasteiger charge is 2.20. The number of anilines is 1. The van der Waals surface area contributed by atoms with Gasteiger partial charge >= 0.3 is 0 Å². The summed E-state index contributed by atoms with van der Waals surface area (Å²) in [5.41, 5.74) is 0. The molecule has 0 aromatic carbocycles. The summed E-state index contributed by atoms with van der Waals surface area (Å²) in [4.78, 5) is 14.1. The molecule has 0 spiro atoms. The van der Waals surface area contributed by atoms with Crippen LogP contribution < -0.4 is 10.2 Å². The Kier molecular flexibility index (Phi) is 9.35. The topological polar surface area (TPSA) is 74.5 Å². The molecule has 4 heterocycles. The largest absolute Gasteiger partial charge is 0.357 e. The van der Waals surface area contributed by atoms with E-state index < -0.39 is 0 Å². The molecule has 0 amide bonds. The summed E-state index contributed by atoms with van der Waals surface area (Å²) >= 11 is 0. The third-order valence-electron chi connectivity index (χ3n) is 5.89. The van der Waals surface area contributed by atoms with Gasteiger partial charge in [0, 0.05) is 64.9 Å². The van der Waals surface area contributed by atoms with Crippen LogP contribution in [0.15, 0.2) is 29.4 Å². The number of halogens is 1. The van der Waals surface area contributed by atoms with Gasteiger partial charge in [-0.2, -0.15) is 0 Å². The van der Waals surface area contributed by atoms with Crippen molar-refractivity contribution in [2.75, 3.05) is 44.2 Å². The molecule has 0 unspecified atom stereocenters. The van der Waals surface area contributed by atoms with Crippen LogP contribution in [0.5, 0.6) is 0 Å². The van der Waals surface area contributed by atoms with Gasteiger partial charge in [-0.3, -0.25) is 4.99 Å². The van der Waals surface area contributed by atoms with Gasteiger partial charge in [0.1, 0.15) is 17.5 Å². The molecule has 0 radical (unpaired) electrons. The van der Waals surface area contributed by atoms with Crippen molar-refractivity contribution < 1.29 is 0 Å². The summed E-state index contributed by atoms with van der Waals surface area (Å²) in [7, 11) is 0. The van der Waals surface area contributed by atoms with Crippen molar-refractivity contribution >= 4 is 35.8 Å². The lowest BCUT2D eigenvalue weighted by atomic mass is 10.2. The van der Waals surface area contributed by atoms with Gasteiger partial charge in [0.25, 0.3) is 0 Å². The van der Waals surface area contributed by atoms with Gasteiger partial charge < -0.3 is 19.7 Å². The normalized spacial score (nSPS) is 17.0. The molecule has 0 bridgehead atoms. The number of pyridine rings is 1. The number of aryl methyl sites for hydroxylation is 2. The number of hydrogen-bond acceptors (Lipinski definition) is 5. The molecule has 4 rings (SSSR count). The number of aromatic nitrogens is 4. The zero-order valence-corrected chi connectivity index (χ0v) is 20.9. The summed E-state index contributed by atoms with van der Waals surface area (Å²) < 4.78 is 2.35.